The molecule has 41 heavy (non-hydrogen) atoms. The molecule has 12 heteroatoms. The fourth-order valence-electron chi connectivity index (χ4n) is 6.57. The lowest BCUT2D eigenvalue weighted by Gasteiger charge is -2.48. The first-order valence-corrected chi connectivity index (χ1v) is 14.4. The van der Waals surface area contributed by atoms with Gasteiger partial charge in [0.2, 0.25) is 5.91 Å². The molecule has 226 valence electrons. The zero-order valence-electron chi connectivity index (χ0n) is 23.9. The van der Waals surface area contributed by atoms with E-state index in [1.165, 1.54) is 6.07 Å². The number of hydrogen-bond acceptors (Lipinski definition) is 8. The lowest BCUT2D eigenvalue weighted by molar-refractivity contribution is -0.138. The van der Waals surface area contributed by atoms with Crippen LogP contribution in [0.15, 0.2) is 18.3 Å². The van der Waals surface area contributed by atoms with E-state index in [0.717, 1.165) is 43.9 Å². The Hall–Kier alpha value is -3.09. The molecule has 1 amide bonds. The maximum absolute atomic E-state index is 14.3. The highest BCUT2D eigenvalue weighted by Crippen LogP contribution is 2.38. The Morgan fingerprint density at radius 1 is 1.20 bits per heavy atom. The number of likely N-dealkylation sites (tertiary alicyclic amines) is 2. The summed E-state index contributed by atoms with van der Waals surface area (Å²) in [5, 5.41) is 23.5. The maximum Gasteiger partial charge on any atom is 0.317 e. The van der Waals surface area contributed by atoms with Gasteiger partial charge in [-0.25, -0.2) is 8.78 Å². The third kappa shape index (κ3) is 7.22. The number of carbonyl (C=O) groups excluding carboxylic acids is 1. The number of aryl methyl sites for hydroxylation is 1. The van der Waals surface area contributed by atoms with Gasteiger partial charge >= 0.3 is 5.97 Å². The molecule has 1 aromatic carbocycles. The fraction of sp³-hybridized carbons (Fsp3) is 0.621. The number of nitrogens with zero attached hydrogens (tertiary/aromatic N) is 3. The van der Waals surface area contributed by atoms with E-state index in [-0.39, 0.29) is 36.0 Å². The van der Waals surface area contributed by atoms with Crippen LogP contribution < -0.4 is 21.3 Å². The number of amides is 1. The third-order valence-corrected chi connectivity index (χ3v) is 8.70. The zero-order valence-corrected chi connectivity index (χ0v) is 23.9. The number of fused-ring (bicyclic) bond motifs is 1. The van der Waals surface area contributed by atoms with Crippen LogP contribution in [0.1, 0.15) is 55.7 Å². The highest BCUT2D eigenvalue weighted by Gasteiger charge is 2.39. The lowest BCUT2D eigenvalue weighted by atomic mass is 9.85. The number of allylic oxidation sites excluding steroid dienone is 1. The van der Waals surface area contributed by atoms with Gasteiger partial charge in [-0.1, -0.05) is 0 Å². The number of benzene rings is 1. The molecule has 3 heterocycles. The second-order valence-electron chi connectivity index (χ2n) is 11.3. The average molecular weight is 576 g/mol. The van der Waals surface area contributed by atoms with Crippen molar-refractivity contribution in [1.29, 1.82) is 5.41 Å². The summed E-state index contributed by atoms with van der Waals surface area (Å²) in [5.41, 5.74) is 9.20. The van der Waals surface area contributed by atoms with Crippen LogP contribution in [0.25, 0.3) is 5.57 Å². The van der Waals surface area contributed by atoms with E-state index in [2.05, 4.69) is 10.6 Å². The van der Waals surface area contributed by atoms with Gasteiger partial charge in [0.25, 0.3) is 6.43 Å². The van der Waals surface area contributed by atoms with Crippen molar-refractivity contribution < 1.29 is 23.5 Å². The zero-order chi connectivity index (χ0) is 29.7. The molecular formula is C29H43F2N7O3. The summed E-state index contributed by atoms with van der Waals surface area (Å²) in [6, 6.07) is 3.54. The van der Waals surface area contributed by atoms with Crippen LogP contribution in [0.3, 0.4) is 0 Å². The van der Waals surface area contributed by atoms with Gasteiger partial charge in [0, 0.05) is 93.9 Å². The van der Waals surface area contributed by atoms with Gasteiger partial charge in [-0.2, -0.15) is 0 Å². The first-order chi connectivity index (χ1) is 19.6. The summed E-state index contributed by atoms with van der Waals surface area (Å²) in [6.45, 7) is 4.71. The number of anilines is 1. The Bertz CT molecular complexity index is 1140. The average Bonchev–Trinajstić information content (AvgIpc) is 2.95. The molecule has 2 fully saturated rings. The number of rotatable bonds is 10. The van der Waals surface area contributed by atoms with Crippen molar-refractivity contribution >= 4 is 29.4 Å². The maximum atomic E-state index is 14.3. The van der Waals surface area contributed by atoms with Crippen LogP contribution in [0.4, 0.5) is 14.5 Å². The topological polar surface area (TPSA) is 138 Å². The van der Waals surface area contributed by atoms with Crippen molar-refractivity contribution in [3.8, 4) is 0 Å². The normalized spacial score (nSPS) is 23.3. The van der Waals surface area contributed by atoms with Crippen LogP contribution in [0.5, 0.6) is 0 Å². The summed E-state index contributed by atoms with van der Waals surface area (Å²) < 4.78 is 28.6. The predicted molar refractivity (Wildman–Crippen MR) is 155 cm³/mol. The van der Waals surface area contributed by atoms with Gasteiger partial charge in [0.1, 0.15) is 0 Å². The van der Waals surface area contributed by atoms with Crippen LogP contribution in [-0.4, -0.2) is 97.6 Å². The quantitative estimate of drug-likeness (QED) is 0.268. The molecule has 2 saturated heterocycles. The van der Waals surface area contributed by atoms with E-state index in [1.54, 1.807) is 26.2 Å². The number of halogens is 2. The molecule has 1 aromatic rings. The Morgan fingerprint density at radius 3 is 2.54 bits per heavy atom. The number of carbonyl (C=O) groups is 2. The molecule has 0 bridgehead atoms. The number of piperidine rings is 2. The van der Waals surface area contributed by atoms with Crippen LogP contribution in [0, 0.1) is 11.3 Å². The molecule has 3 aliphatic heterocycles. The molecule has 3 unspecified atom stereocenters. The number of alkyl halides is 2. The van der Waals surface area contributed by atoms with Crippen molar-refractivity contribution in [2.24, 2.45) is 11.7 Å². The molecule has 0 aromatic heterocycles. The van der Waals surface area contributed by atoms with Gasteiger partial charge < -0.3 is 36.7 Å². The van der Waals surface area contributed by atoms with Gasteiger partial charge in [0.05, 0.1) is 12.7 Å². The summed E-state index contributed by atoms with van der Waals surface area (Å²) in [7, 11) is 1.67. The minimum absolute atomic E-state index is 0.0122. The molecule has 4 rings (SSSR count). The molecule has 3 atom stereocenters. The van der Waals surface area contributed by atoms with E-state index in [9.17, 15) is 18.4 Å². The van der Waals surface area contributed by atoms with E-state index >= 15 is 0 Å². The van der Waals surface area contributed by atoms with Crippen molar-refractivity contribution in [2.75, 3.05) is 51.2 Å². The lowest BCUT2D eigenvalue weighted by Crippen LogP contribution is -2.63. The Balaban J connectivity index is 1.59. The summed E-state index contributed by atoms with van der Waals surface area (Å²) in [5.74, 6) is -0.969. The number of aliphatic carboxylic acids is 1. The Kier molecular flexibility index (Phi) is 10.3. The Morgan fingerprint density at radius 2 is 1.93 bits per heavy atom. The fourth-order valence-corrected chi connectivity index (χ4v) is 6.57. The Labute approximate surface area is 240 Å². The molecule has 6 N–H and O–H groups in total. The van der Waals surface area contributed by atoms with Crippen LogP contribution in [0.2, 0.25) is 0 Å². The van der Waals surface area contributed by atoms with E-state index in [1.807, 2.05) is 14.7 Å². The number of carboxylic acid groups (broad SMARTS) is 1. The number of nitrogens with one attached hydrogen (secondary N) is 3. The number of carboxylic acids is 1. The van der Waals surface area contributed by atoms with Gasteiger partial charge in [-0.05, 0) is 55.4 Å². The molecular weight excluding hydrogens is 532 g/mol. The van der Waals surface area contributed by atoms with Crippen molar-refractivity contribution in [3.63, 3.8) is 0 Å². The van der Waals surface area contributed by atoms with E-state index < -0.39 is 18.6 Å². The van der Waals surface area contributed by atoms with Crippen molar-refractivity contribution in [1.82, 2.24) is 20.4 Å². The van der Waals surface area contributed by atoms with Gasteiger partial charge in [-0.15, -0.1) is 0 Å². The SMILES string of the molecule is CN/C=C(\C=N)c1cc2c(cc1C(F)F)N(C(N)C1CN(C(C)=O)CCC1NC1CCN(CC(=O)O)CC1)CCC2. The minimum atomic E-state index is -2.72. The monoisotopic (exact) mass is 575 g/mol. The van der Waals surface area contributed by atoms with Crippen LogP contribution >= 0.6 is 0 Å². The second-order valence-corrected chi connectivity index (χ2v) is 11.3. The van der Waals surface area contributed by atoms with Crippen molar-refractivity contribution in [2.45, 2.75) is 63.7 Å². The van der Waals surface area contributed by atoms with E-state index in [4.69, 9.17) is 16.2 Å². The number of nitrogens with two attached hydrogens (primary N) is 1. The summed E-state index contributed by atoms with van der Waals surface area (Å²) in [6.07, 6.45) is 3.31. The smallest absolute Gasteiger partial charge is 0.317 e. The third-order valence-electron chi connectivity index (χ3n) is 8.70. The standard InChI is InChI=1S/C29H43F2N7O3/c1-18(39)37-11-7-25(35-21-5-9-36(10-6-21)17-27(40)41)24(16-37)29(33)38-8-3-4-19-12-22(20(14-32)15-34-2)23(28(30)31)13-26(19)38/h12-15,21,24-25,28-29,32,34-35H,3-11,16-17,33H2,1-2H3,(H,40,41)/b20-15+,32-14?. The number of hydrogen-bond donors (Lipinski definition) is 5. The largest absolute Gasteiger partial charge is 0.480 e. The highest BCUT2D eigenvalue weighted by molar-refractivity contribution is 6.09. The molecule has 0 saturated carbocycles. The van der Waals surface area contributed by atoms with Gasteiger partial charge in [-0.3, -0.25) is 14.5 Å². The van der Waals surface area contributed by atoms with Crippen LogP contribution in [-0.2, 0) is 16.0 Å². The minimum Gasteiger partial charge on any atom is -0.480 e. The molecule has 0 spiro atoms. The molecule has 0 radical (unpaired) electrons. The van der Waals surface area contributed by atoms with Gasteiger partial charge in [0.15, 0.2) is 0 Å². The van der Waals surface area contributed by atoms with E-state index in [0.29, 0.717) is 49.5 Å². The first kappa shape index (κ1) is 30.9. The summed E-state index contributed by atoms with van der Waals surface area (Å²) in [4.78, 5) is 29.2. The highest BCUT2D eigenvalue weighted by atomic mass is 19.3. The molecule has 0 aliphatic carbocycles. The molecule has 3 aliphatic rings. The summed E-state index contributed by atoms with van der Waals surface area (Å²) >= 11 is 0. The molecule has 10 nitrogen and oxygen atoms in total. The predicted octanol–water partition coefficient (Wildman–Crippen LogP) is 2.25. The second kappa shape index (κ2) is 13.7. The first-order valence-electron chi connectivity index (χ1n) is 14.4. The van der Waals surface area contributed by atoms with Crippen molar-refractivity contribution in [3.05, 3.63) is 35.0 Å².